The average Bonchev–Trinajstić information content (AvgIpc) is 2.03. The molecule has 0 aromatic rings. The third kappa shape index (κ3) is 1.78. The van der Waals surface area contributed by atoms with Gasteiger partial charge in [-0.2, -0.15) is 0 Å². The van der Waals surface area contributed by atoms with Crippen molar-refractivity contribution < 1.29 is 15.0 Å². The third-order valence-corrected chi connectivity index (χ3v) is 2.81. The molecule has 3 atom stereocenters. The Morgan fingerprint density at radius 3 is 2.58 bits per heavy atom. The molecule has 1 rings (SSSR count). The summed E-state index contributed by atoms with van der Waals surface area (Å²) in [4.78, 5) is 10.8. The predicted molar refractivity (Wildman–Crippen MR) is 44.8 cm³/mol. The topological polar surface area (TPSA) is 57.5 Å². The minimum absolute atomic E-state index is 0.172. The van der Waals surface area contributed by atoms with Crippen molar-refractivity contribution in [1.29, 1.82) is 0 Å². The molecule has 1 aliphatic carbocycles. The number of aliphatic hydroxyl groups excluding tert-OH is 1. The lowest BCUT2D eigenvalue weighted by Crippen LogP contribution is -2.37. The fourth-order valence-electron chi connectivity index (χ4n) is 2.09. The lowest BCUT2D eigenvalue weighted by atomic mass is 9.76. The lowest BCUT2D eigenvalue weighted by Gasteiger charge is -2.31. The maximum Gasteiger partial charge on any atom is 0.309 e. The number of carboxylic acids is 1. The van der Waals surface area contributed by atoms with Gasteiger partial charge in [0, 0.05) is 0 Å². The highest BCUT2D eigenvalue weighted by Gasteiger charge is 2.36. The minimum atomic E-state index is -0.839. The molecular formula is C9H16O3. The molecule has 1 aliphatic rings. The Bertz CT molecular complexity index is 167. The lowest BCUT2D eigenvalue weighted by molar-refractivity contribution is -0.150. The fourth-order valence-corrected chi connectivity index (χ4v) is 2.09. The first-order valence-electron chi connectivity index (χ1n) is 4.57. The van der Waals surface area contributed by atoms with E-state index in [2.05, 4.69) is 0 Å². The van der Waals surface area contributed by atoms with Crippen LogP contribution in [-0.4, -0.2) is 22.3 Å². The van der Waals surface area contributed by atoms with Gasteiger partial charge in [0.1, 0.15) is 0 Å². The van der Waals surface area contributed by atoms with Crippen LogP contribution in [0.1, 0.15) is 32.6 Å². The van der Waals surface area contributed by atoms with E-state index in [1.165, 1.54) is 0 Å². The van der Waals surface area contributed by atoms with E-state index in [4.69, 9.17) is 5.11 Å². The molecule has 2 N–H and O–H groups in total. The van der Waals surface area contributed by atoms with Crippen molar-refractivity contribution in [2.45, 2.75) is 38.7 Å². The first-order valence-corrected chi connectivity index (χ1v) is 4.57. The summed E-state index contributed by atoms with van der Waals surface area (Å²) in [6.07, 6.45) is 2.79. The smallest absolute Gasteiger partial charge is 0.309 e. The monoisotopic (exact) mass is 172 g/mol. The Morgan fingerprint density at radius 2 is 2.17 bits per heavy atom. The Balaban J connectivity index is 2.66. The SMILES string of the molecule is CCC1CCCC(O)C1C(=O)O. The molecule has 0 radical (unpaired) electrons. The van der Waals surface area contributed by atoms with Crippen molar-refractivity contribution >= 4 is 5.97 Å². The van der Waals surface area contributed by atoms with Gasteiger partial charge in [0.2, 0.25) is 0 Å². The molecule has 1 saturated carbocycles. The molecule has 3 unspecified atom stereocenters. The van der Waals surface area contributed by atoms with Gasteiger partial charge in [-0.1, -0.05) is 19.8 Å². The zero-order chi connectivity index (χ0) is 9.14. The summed E-state index contributed by atoms with van der Waals surface area (Å²) in [6.45, 7) is 1.98. The number of aliphatic carboxylic acids is 1. The second kappa shape index (κ2) is 3.90. The zero-order valence-electron chi connectivity index (χ0n) is 7.36. The molecule has 0 heterocycles. The average molecular weight is 172 g/mol. The summed E-state index contributed by atoms with van der Waals surface area (Å²) in [5.41, 5.74) is 0. The molecule has 3 heteroatoms. The number of carboxylic acid groups (broad SMARTS) is 1. The molecule has 0 aromatic heterocycles. The van der Waals surface area contributed by atoms with E-state index >= 15 is 0 Å². The largest absolute Gasteiger partial charge is 0.481 e. The van der Waals surface area contributed by atoms with Gasteiger partial charge < -0.3 is 10.2 Å². The van der Waals surface area contributed by atoms with Gasteiger partial charge >= 0.3 is 5.97 Å². The summed E-state index contributed by atoms with van der Waals surface area (Å²) in [7, 11) is 0. The Hall–Kier alpha value is -0.570. The molecule has 0 aromatic carbocycles. The van der Waals surface area contributed by atoms with Crippen molar-refractivity contribution in [3.05, 3.63) is 0 Å². The molecule has 12 heavy (non-hydrogen) atoms. The highest BCUT2D eigenvalue weighted by Crippen LogP contribution is 2.32. The van der Waals surface area contributed by atoms with Gasteiger partial charge in [-0.15, -0.1) is 0 Å². The molecule has 0 spiro atoms. The Kier molecular flexibility index (Phi) is 3.09. The summed E-state index contributed by atoms with van der Waals surface area (Å²) >= 11 is 0. The number of hydrogen-bond donors (Lipinski definition) is 2. The quantitative estimate of drug-likeness (QED) is 0.659. The maximum atomic E-state index is 10.8. The number of aliphatic hydroxyl groups is 1. The fraction of sp³-hybridized carbons (Fsp3) is 0.889. The third-order valence-electron chi connectivity index (χ3n) is 2.81. The van der Waals surface area contributed by atoms with Gasteiger partial charge in [-0.05, 0) is 18.8 Å². The van der Waals surface area contributed by atoms with E-state index in [0.29, 0.717) is 6.42 Å². The van der Waals surface area contributed by atoms with E-state index in [9.17, 15) is 9.90 Å². The maximum absolute atomic E-state index is 10.8. The molecular weight excluding hydrogens is 156 g/mol. The van der Waals surface area contributed by atoms with Crippen LogP contribution in [0.5, 0.6) is 0 Å². The molecule has 1 fully saturated rings. The molecule has 0 bridgehead atoms. The van der Waals surface area contributed by atoms with Gasteiger partial charge in [0.05, 0.1) is 12.0 Å². The first-order chi connectivity index (χ1) is 5.66. The molecule has 0 aliphatic heterocycles. The Labute approximate surface area is 72.4 Å². The Morgan fingerprint density at radius 1 is 1.50 bits per heavy atom. The van der Waals surface area contributed by atoms with E-state index in [-0.39, 0.29) is 5.92 Å². The second-order valence-electron chi connectivity index (χ2n) is 3.53. The van der Waals surface area contributed by atoms with E-state index in [0.717, 1.165) is 19.3 Å². The summed E-state index contributed by atoms with van der Waals surface area (Å²) in [5, 5.41) is 18.3. The van der Waals surface area contributed by atoms with Crippen molar-refractivity contribution in [1.82, 2.24) is 0 Å². The normalized spacial score (nSPS) is 36.3. The molecule has 0 saturated heterocycles. The summed E-state index contributed by atoms with van der Waals surface area (Å²) in [5.74, 6) is -1.19. The van der Waals surface area contributed by atoms with Crippen LogP contribution in [0.15, 0.2) is 0 Å². The molecule has 3 nitrogen and oxygen atoms in total. The standard InChI is InChI=1S/C9H16O3/c1-2-6-4-3-5-7(10)8(6)9(11)12/h6-8,10H,2-5H2,1H3,(H,11,12). The van der Waals surface area contributed by atoms with Crippen molar-refractivity contribution in [3.8, 4) is 0 Å². The van der Waals surface area contributed by atoms with Crippen LogP contribution in [0.25, 0.3) is 0 Å². The molecule has 70 valence electrons. The predicted octanol–water partition coefficient (Wildman–Crippen LogP) is 1.26. The van der Waals surface area contributed by atoms with Gasteiger partial charge in [-0.3, -0.25) is 4.79 Å². The number of carbonyl (C=O) groups is 1. The van der Waals surface area contributed by atoms with Crippen LogP contribution in [0.4, 0.5) is 0 Å². The van der Waals surface area contributed by atoms with Crippen LogP contribution in [0.3, 0.4) is 0 Å². The minimum Gasteiger partial charge on any atom is -0.481 e. The van der Waals surface area contributed by atoms with E-state index in [1.807, 2.05) is 6.92 Å². The van der Waals surface area contributed by atoms with Gasteiger partial charge in [-0.25, -0.2) is 0 Å². The number of rotatable bonds is 2. The first kappa shape index (κ1) is 9.52. The van der Waals surface area contributed by atoms with Crippen LogP contribution in [0, 0.1) is 11.8 Å². The van der Waals surface area contributed by atoms with Crippen molar-refractivity contribution in [2.24, 2.45) is 11.8 Å². The van der Waals surface area contributed by atoms with Crippen molar-refractivity contribution in [2.75, 3.05) is 0 Å². The van der Waals surface area contributed by atoms with E-state index < -0.39 is 18.0 Å². The van der Waals surface area contributed by atoms with Gasteiger partial charge in [0.25, 0.3) is 0 Å². The van der Waals surface area contributed by atoms with Crippen LogP contribution >= 0.6 is 0 Å². The van der Waals surface area contributed by atoms with Gasteiger partial charge in [0.15, 0.2) is 0 Å². The van der Waals surface area contributed by atoms with Crippen LogP contribution in [-0.2, 0) is 4.79 Å². The van der Waals surface area contributed by atoms with Crippen LogP contribution in [0.2, 0.25) is 0 Å². The zero-order valence-corrected chi connectivity index (χ0v) is 7.36. The van der Waals surface area contributed by atoms with Crippen LogP contribution < -0.4 is 0 Å². The summed E-state index contributed by atoms with van der Waals surface area (Å²) in [6, 6.07) is 0. The molecule has 0 amide bonds. The highest BCUT2D eigenvalue weighted by atomic mass is 16.4. The summed E-state index contributed by atoms with van der Waals surface area (Å²) < 4.78 is 0. The second-order valence-corrected chi connectivity index (χ2v) is 3.53. The van der Waals surface area contributed by atoms with Crippen molar-refractivity contribution in [3.63, 3.8) is 0 Å². The highest BCUT2D eigenvalue weighted by molar-refractivity contribution is 5.71. The van der Waals surface area contributed by atoms with E-state index in [1.54, 1.807) is 0 Å². The number of hydrogen-bond acceptors (Lipinski definition) is 2.